The Morgan fingerprint density at radius 1 is 0.481 bits per heavy atom. The molecule has 0 unspecified atom stereocenters. The van der Waals surface area contributed by atoms with Crippen molar-refractivity contribution in [2.45, 2.75) is 6.42 Å². The molecule has 0 saturated heterocycles. The topological polar surface area (TPSA) is 0 Å². The van der Waals surface area contributed by atoms with Crippen molar-refractivity contribution in [3.8, 4) is 11.1 Å². The van der Waals surface area contributed by atoms with E-state index in [-0.39, 0.29) is 0 Å². The highest BCUT2D eigenvalue weighted by atomic mass is 32.1. The van der Waals surface area contributed by atoms with Crippen LogP contribution < -0.4 is 0 Å². The van der Waals surface area contributed by atoms with Crippen molar-refractivity contribution in [2.75, 3.05) is 0 Å². The molecule has 0 atom stereocenters. The van der Waals surface area contributed by atoms with Crippen molar-refractivity contribution in [2.24, 2.45) is 0 Å². The third-order valence-corrected chi connectivity index (χ3v) is 8.14. The van der Waals surface area contributed by atoms with Gasteiger partial charge < -0.3 is 0 Å². The van der Waals surface area contributed by atoms with E-state index in [2.05, 4.69) is 72.8 Å². The highest BCUT2D eigenvalue weighted by molar-refractivity contribution is 7.26. The minimum atomic E-state index is 1.05. The standard InChI is InChI=1S/C25H14S2/c1-3-7-22-16(5-1)20-10-14-9-15-11-21-17-6-2-4-8-23(17)27-25(21)13-19(15)18(14)12-24(20)26-22/h1-8,10-13H,9H2. The van der Waals surface area contributed by atoms with E-state index in [1.165, 1.54) is 62.6 Å². The van der Waals surface area contributed by atoms with Crippen molar-refractivity contribution in [1.29, 1.82) is 0 Å². The van der Waals surface area contributed by atoms with Gasteiger partial charge in [0.25, 0.3) is 0 Å². The molecule has 0 fully saturated rings. The first-order valence-electron chi connectivity index (χ1n) is 9.24. The minimum Gasteiger partial charge on any atom is -0.135 e. The molecule has 0 aliphatic heterocycles. The van der Waals surface area contributed by atoms with E-state index in [1.54, 1.807) is 0 Å². The van der Waals surface area contributed by atoms with Crippen LogP contribution in [0.25, 0.3) is 51.5 Å². The Bertz CT molecular complexity index is 1430. The molecule has 0 nitrogen and oxygen atoms in total. The van der Waals surface area contributed by atoms with Crippen molar-refractivity contribution in [1.82, 2.24) is 0 Å². The van der Waals surface area contributed by atoms with E-state index in [0.717, 1.165) is 6.42 Å². The zero-order chi connectivity index (χ0) is 17.5. The molecule has 1 aliphatic rings. The molecule has 0 saturated carbocycles. The summed E-state index contributed by atoms with van der Waals surface area (Å²) in [5.74, 6) is 0. The number of hydrogen-bond donors (Lipinski definition) is 0. The van der Waals surface area contributed by atoms with Gasteiger partial charge in [0.1, 0.15) is 0 Å². The van der Waals surface area contributed by atoms with Gasteiger partial charge >= 0.3 is 0 Å². The Hall–Kier alpha value is -2.68. The lowest BCUT2D eigenvalue weighted by Crippen LogP contribution is -1.80. The fraction of sp³-hybridized carbons (Fsp3) is 0.0400. The first kappa shape index (κ1) is 14.4. The largest absolute Gasteiger partial charge is 0.135 e. The number of fused-ring (bicyclic) bond motifs is 9. The molecule has 4 aromatic carbocycles. The predicted octanol–water partition coefficient (Wildman–Crippen LogP) is 7.99. The fourth-order valence-corrected chi connectivity index (χ4v) is 6.89. The van der Waals surface area contributed by atoms with Crippen LogP contribution >= 0.6 is 22.7 Å². The average molecular weight is 379 g/mol. The first-order valence-corrected chi connectivity index (χ1v) is 10.9. The Kier molecular flexibility index (Phi) is 2.65. The van der Waals surface area contributed by atoms with E-state index in [0.29, 0.717) is 0 Å². The lowest BCUT2D eigenvalue weighted by Gasteiger charge is -2.02. The van der Waals surface area contributed by atoms with Crippen molar-refractivity contribution < 1.29 is 0 Å². The second kappa shape index (κ2) is 4.98. The second-order valence-corrected chi connectivity index (χ2v) is 9.55. The average Bonchev–Trinajstić information content (AvgIpc) is 3.35. The number of thiophene rings is 2. The zero-order valence-electron chi connectivity index (χ0n) is 14.5. The Morgan fingerprint density at radius 2 is 0.963 bits per heavy atom. The van der Waals surface area contributed by atoms with Crippen LogP contribution in [0.15, 0.2) is 72.8 Å². The smallest absolute Gasteiger partial charge is 0.0361 e. The summed E-state index contributed by atoms with van der Waals surface area (Å²) in [6.07, 6.45) is 1.05. The Balaban J connectivity index is 1.54. The van der Waals surface area contributed by atoms with Crippen LogP contribution in [0.5, 0.6) is 0 Å². The van der Waals surface area contributed by atoms with Crippen molar-refractivity contribution in [3.63, 3.8) is 0 Å². The third-order valence-electron chi connectivity index (χ3n) is 5.88. The van der Waals surface area contributed by atoms with Crippen molar-refractivity contribution in [3.05, 3.63) is 83.9 Å². The van der Waals surface area contributed by atoms with E-state index in [9.17, 15) is 0 Å². The molecule has 7 rings (SSSR count). The molecule has 0 N–H and O–H groups in total. The first-order chi connectivity index (χ1) is 13.3. The minimum absolute atomic E-state index is 1.05. The van der Waals surface area contributed by atoms with Gasteiger partial charge in [-0.1, -0.05) is 36.4 Å². The summed E-state index contributed by atoms with van der Waals surface area (Å²) in [5, 5.41) is 5.61. The summed E-state index contributed by atoms with van der Waals surface area (Å²) in [7, 11) is 0. The summed E-state index contributed by atoms with van der Waals surface area (Å²) >= 11 is 3.82. The second-order valence-electron chi connectivity index (χ2n) is 7.38. The maximum atomic E-state index is 2.44. The Labute approximate surface area is 164 Å². The molecule has 0 bridgehead atoms. The van der Waals surface area contributed by atoms with Crippen LogP contribution in [0, 0.1) is 0 Å². The molecule has 1 aliphatic carbocycles. The van der Waals surface area contributed by atoms with Crippen molar-refractivity contribution >= 4 is 63.0 Å². The normalized spacial score (nSPS) is 13.0. The molecule has 0 amide bonds. The van der Waals surface area contributed by atoms with Gasteiger partial charge in [0.15, 0.2) is 0 Å². The van der Waals surface area contributed by atoms with Crippen LogP contribution in [0.3, 0.4) is 0 Å². The lowest BCUT2D eigenvalue weighted by molar-refractivity contribution is 1.28. The molecular weight excluding hydrogens is 364 g/mol. The summed E-state index contributed by atoms with van der Waals surface area (Å²) in [6.45, 7) is 0. The number of benzene rings is 4. The van der Waals surface area contributed by atoms with Gasteiger partial charge in [0, 0.05) is 40.3 Å². The molecule has 2 heterocycles. The molecule has 2 heteroatoms. The molecular formula is C25H14S2. The number of hydrogen-bond acceptors (Lipinski definition) is 2. The molecule has 0 spiro atoms. The van der Waals surface area contributed by atoms with E-state index < -0.39 is 0 Å². The Morgan fingerprint density at radius 3 is 1.48 bits per heavy atom. The molecule has 6 aromatic rings. The van der Waals surface area contributed by atoms with Gasteiger partial charge in [0.2, 0.25) is 0 Å². The van der Waals surface area contributed by atoms with Gasteiger partial charge in [-0.2, -0.15) is 0 Å². The van der Waals surface area contributed by atoms with Crippen LogP contribution in [0.2, 0.25) is 0 Å². The third kappa shape index (κ3) is 1.87. The predicted molar refractivity (Wildman–Crippen MR) is 120 cm³/mol. The SMILES string of the molecule is c1ccc2c(c1)sc1cc3c(cc12)Cc1cc2c(cc1-3)sc1ccccc12. The quantitative estimate of drug-likeness (QED) is 0.251. The molecule has 2 aromatic heterocycles. The number of rotatable bonds is 0. The van der Waals surface area contributed by atoms with E-state index >= 15 is 0 Å². The van der Waals surface area contributed by atoms with Gasteiger partial charge in [0.05, 0.1) is 0 Å². The van der Waals surface area contributed by atoms with Gasteiger partial charge in [-0.25, -0.2) is 0 Å². The highest BCUT2D eigenvalue weighted by Gasteiger charge is 2.22. The maximum absolute atomic E-state index is 2.44. The van der Waals surface area contributed by atoms with Crippen LogP contribution in [-0.2, 0) is 6.42 Å². The van der Waals surface area contributed by atoms with Crippen LogP contribution in [-0.4, -0.2) is 0 Å². The highest BCUT2D eigenvalue weighted by Crippen LogP contribution is 2.46. The summed E-state index contributed by atoms with van der Waals surface area (Å²) < 4.78 is 5.58. The van der Waals surface area contributed by atoms with Gasteiger partial charge in [-0.05, 0) is 65.1 Å². The van der Waals surface area contributed by atoms with Gasteiger partial charge in [-0.3, -0.25) is 0 Å². The molecule has 27 heavy (non-hydrogen) atoms. The molecule has 0 radical (unpaired) electrons. The van der Waals surface area contributed by atoms with E-state index in [4.69, 9.17) is 0 Å². The lowest BCUT2D eigenvalue weighted by atomic mass is 10.0. The van der Waals surface area contributed by atoms with E-state index in [1.807, 2.05) is 22.7 Å². The van der Waals surface area contributed by atoms with Crippen LogP contribution in [0.4, 0.5) is 0 Å². The fourth-order valence-electron chi connectivity index (χ4n) is 4.63. The van der Waals surface area contributed by atoms with Gasteiger partial charge in [-0.15, -0.1) is 22.7 Å². The summed E-state index contributed by atoms with van der Waals surface area (Å²) in [4.78, 5) is 0. The monoisotopic (exact) mass is 378 g/mol. The maximum Gasteiger partial charge on any atom is 0.0361 e. The molecule has 126 valence electrons. The van der Waals surface area contributed by atoms with Crippen LogP contribution in [0.1, 0.15) is 11.1 Å². The summed E-state index contributed by atoms with van der Waals surface area (Å²) in [5.41, 5.74) is 5.82. The zero-order valence-corrected chi connectivity index (χ0v) is 16.1. The summed E-state index contributed by atoms with van der Waals surface area (Å²) in [6, 6.07) is 27.3.